The number of benzene rings is 2. The van der Waals surface area contributed by atoms with Crippen LogP contribution in [0.5, 0.6) is 0 Å². The van der Waals surface area contributed by atoms with Crippen molar-refractivity contribution in [1.29, 1.82) is 0 Å². The van der Waals surface area contributed by atoms with Crippen LogP contribution in [0.4, 0.5) is 0 Å². The Labute approximate surface area is 156 Å². The van der Waals surface area contributed by atoms with Crippen molar-refractivity contribution in [1.82, 2.24) is 5.43 Å². The molecule has 0 aromatic heterocycles. The quantitative estimate of drug-likeness (QED) is 0.231. The molecule has 110 valence electrons. The van der Waals surface area contributed by atoms with Crippen molar-refractivity contribution in [3.63, 3.8) is 0 Å². The number of hydrazone groups is 1. The molecule has 2 aromatic rings. The Morgan fingerprint density at radius 1 is 1.09 bits per heavy atom. The Kier molecular flexibility index (Phi) is 9.38. The van der Waals surface area contributed by atoms with Crippen molar-refractivity contribution >= 4 is 42.8 Å². The van der Waals surface area contributed by atoms with Crippen LogP contribution in [0.25, 0.3) is 5.73 Å². The van der Waals surface area contributed by atoms with Crippen LogP contribution in [0.3, 0.4) is 0 Å². The zero-order valence-electron chi connectivity index (χ0n) is 11.7. The summed E-state index contributed by atoms with van der Waals surface area (Å²) in [6.45, 7) is 0. The Morgan fingerprint density at radius 3 is 2.09 bits per heavy atom. The van der Waals surface area contributed by atoms with E-state index >= 15 is 0 Å². The number of halogens is 1. The van der Waals surface area contributed by atoms with Gasteiger partial charge in [-0.1, -0.05) is 72.9 Å². The fourth-order valence-corrected chi connectivity index (χ4v) is 1.84. The molecule has 0 amide bonds. The summed E-state index contributed by atoms with van der Waals surface area (Å²) in [5.74, 6) is 0. The second-order valence-electron chi connectivity index (χ2n) is 4.12. The van der Waals surface area contributed by atoms with Gasteiger partial charge in [0.2, 0.25) is 0 Å². The van der Waals surface area contributed by atoms with Gasteiger partial charge in [0.15, 0.2) is 0 Å². The second kappa shape index (κ2) is 10.8. The van der Waals surface area contributed by atoms with E-state index in [4.69, 9.17) is 5.73 Å². The van der Waals surface area contributed by atoms with Gasteiger partial charge in [0.05, 0.1) is 5.71 Å². The molecule has 22 heavy (non-hydrogen) atoms. The van der Waals surface area contributed by atoms with Gasteiger partial charge in [0.25, 0.3) is 0 Å². The van der Waals surface area contributed by atoms with Gasteiger partial charge in [-0.2, -0.15) is 0 Å². The third-order valence-corrected chi connectivity index (χ3v) is 2.81. The van der Waals surface area contributed by atoms with Gasteiger partial charge in [-0.05, 0) is 11.1 Å². The first kappa shape index (κ1) is 19.2. The Bertz CT molecular complexity index is 611. The fourth-order valence-electron chi connectivity index (χ4n) is 1.80. The van der Waals surface area contributed by atoms with Gasteiger partial charge in [0.1, 0.15) is 6.10 Å². The minimum absolute atomic E-state index is 0.196. The maximum atomic E-state index is 10.5. The van der Waals surface area contributed by atoms with Crippen LogP contribution in [0.15, 0.2) is 65.8 Å². The average molecular weight is 477 g/mol. The molecule has 4 nitrogen and oxygen atoms in total. The molecule has 0 bridgehead atoms. The SMILES string of the molecule is [NH-]C(=S)N/N=C(\c1ccccc1)C(O)c1ccccc1.[Zn+][I]. The van der Waals surface area contributed by atoms with Crippen LogP contribution in [-0.2, 0) is 14.8 Å². The van der Waals surface area contributed by atoms with Crippen LogP contribution in [-0.4, -0.2) is 15.9 Å². The third kappa shape index (κ3) is 6.08. The standard InChI is InChI=1S/C15H15N3OS.HI.Zn/c16-15(20)18-17-13(11-7-3-1-4-8-11)14(19)12-9-5-2-6-10-12;;/h1-10,14,19H,(H3,16,18,20);1H;/q;;+2/p-2/b17-13+;;. The van der Waals surface area contributed by atoms with E-state index in [1.807, 2.05) is 60.7 Å². The van der Waals surface area contributed by atoms with Crippen molar-refractivity contribution in [2.45, 2.75) is 6.10 Å². The number of nitrogens with zero attached hydrogens (tertiary/aromatic N) is 1. The second-order valence-corrected chi connectivity index (χ2v) is 4.53. The van der Waals surface area contributed by atoms with Crippen molar-refractivity contribution in [2.75, 3.05) is 0 Å². The molecule has 2 rings (SSSR count). The topological polar surface area (TPSA) is 68.4 Å². The maximum absolute atomic E-state index is 10.5. The molecule has 0 aliphatic carbocycles. The van der Waals surface area contributed by atoms with Gasteiger partial charge in [-0.25, -0.2) is 0 Å². The molecule has 0 heterocycles. The summed E-state index contributed by atoms with van der Waals surface area (Å²) in [6.07, 6.45) is -0.888. The van der Waals surface area contributed by atoms with Crippen molar-refractivity contribution < 1.29 is 19.9 Å². The Morgan fingerprint density at radius 2 is 1.59 bits per heavy atom. The molecule has 1 atom stereocenters. The van der Waals surface area contributed by atoms with E-state index in [9.17, 15) is 5.11 Å². The van der Waals surface area contributed by atoms with E-state index < -0.39 is 6.10 Å². The number of hydrogen-bond acceptors (Lipinski definition) is 3. The van der Waals surface area contributed by atoms with Crippen LogP contribution in [0, 0.1) is 0 Å². The number of thiocarbonyl (C=S) groups is 1. The third-order valence-electron chi connectivity index (χ3n) is 2.72. The first-order chi connectivity index (χ1) is 10.7. The molecular formula is C15H14IN3OSZn. The van der Waals surface area contributed by atoms with Gasteiger partial charge in [0, 0.05) is 5.11 Å². The summed E-state index contributed by atoms with van der Waals surface area (Å²) >= 11 is 8.25. The molecule has 0 spiro atoms. The van der Waals surface area contributed by atoms with E-state index in [-0.39, 0.29) is 5.11 Å². The van der Waals surface area contributed by atoms with Gasteiger partial charge in [-0.15, -0.1) is 0 Å². The molecule has 0 saturated carbocycles. The zero-order chi connectivity index (χ0) is 16.4. The number of aliphatic hydroxyl groups is 1. The van der Waals surface area contributed by atoms with Crippen LogP contribution in [0.1, 0.15) is 17.2 Å². The van der Waals surface area contributed by atoms with Crippen molar-refractivity contribution in [3.8, 4) is 0 Å². The Hall–Kier alpha value is -0.887. The zero-order valence-corrected chi connectivity index (χ0v) is 17.7. The molecule has 0 aliphatic heterocycles. The van der Waals surface area contributed by atoms with Crippen LogP contribution in [0.2, 0.25) is 0 Å². The van der Waals surface area contributed by atoms with Crippen LogP contribution < -0.4 is 5.43 Å². The molecule has 3 N–H and O–H groups in total. The van der Waals surface area contributed by atoms with Gasteiger partial charge in [-0.3, -0.25) is 5.10 Å². The number of rotatable bonds is 4. The number of nitrogens with one attached hydrogen (secondary N) is 2. The summed E-state index contributed by atoms with van der Waals surface area (Å²) in [5.41, 5.74) is 11.6. The van der Waals surface area contributed by atoms with Crippen LogP contribution >= 0.6 is 32.0 Å². The normalized spacial score (nSPS) is 11.9. The molecule has 0 radical (unpaired) electrons. The van der Waals surface area contributed by atoms with E-state index in [1.54, 1.807) is 0 Å². The predicted molar refractivity (Wildman–Crippen MR) is 98.5 cm³/mol. The fraction of sp³-hybridized carbons (Fsp3) is 0.0667. The van der Waals surface area contributed by atoms with Crippen molar-refractivity contribution in [2.24, 2.45) is 5.10 Å². The molecule has 1 unspecified atom stereocenters. The van der Waals surface area contributed by atoms with Gasteiger partial charge >= 0.3 is 34.5 Å². The molecule has 0 saturated heterocycles. The van der Waals surface area contributed by atoms with Crippen molar-refractivity contribution in [3.05, 3.63) is 77.5 Å². The van der Waals surface area contributed by atoms with E-state index in [1.165, 1.54) is 14.8 Å². The van der Waals surface area contributed by atoms with E-state index in [2.05, 4.69) is 42.5 Å². The molecule has 7 heteroatoms. The molecule has 0 aliphatic rings. The van der Waals surface area contributed by atoms with E-state index in [0.717, 1.165) is 11.1 Å². The number of aliphatic hydroxyl groups excluding tert-OH is 1. The summed E-state index contributed by atoms with van der Waals surface area (Å²) in [6, 6.07) is 18.5. The summed E-state index contributed by atoms with van der Waals surface area (Å²) in [5, 5.41) is 14.3. The predicted octanol–water partition coefficient (Wildman–Crippen LogP) is 3.93. The Balaban J connectivity index is 0.00000116. The summed E-state index contributed by atoms with van der Waals surface area (Å²) in [7, 11) is 0. The summed E-state index contributed by atoms with van der Waals surface area (Å²) < 4.78 is 0. The van der Waals surface area contributed by atoms with E-state index in [0.29, 0.717) is 5.71 Å². The monoisotopic (exact) mass is 475 g/mol. The molecule has 0 fully saturated rings. The summed E-state index contributed by atoms with van der Waals surface area (Å²) in [4.78, 5) is 0. The average Bonchev–Trinajstić information content (AvgIpc) is 2.58. The number of hydrogen-bond donors (Lipinski definition) is 2. The first-order valence-corrected chi connectivity index (χ1v) is 15.8. The van der Waals surface area contributed by atoms with Gasteiger partial charge < -0.3 is 16.3 Å². The molecule has 2 aromatic carbocycles. The first-order valence-electron chi connectivity index (χ1n) is 6.33. The minimum atomic E-state index is -0.888. The molecular weight excluding hydrogens is 463 g/mol.